The molecule has 2 fully saturated rings. The van der Waals surface area contributed by atoms with E-state index in [2.05, 4.69) is 15.3 Å². The molecule has 6 nitrogen and oxygen atoms in total. The molecule has 7 heteroatoms. The number of aromatic nitrogens is 2. The molecular weight excluding hydrogens is 311 g/mol. The van der Waals surface area contributed by atoms with Gasteiger partial charge in [-0.15, -0.1) is 0 Å². The average Bonchev–Trinajstić information content (AvgIpc) is 3.15. The van der Waals surface area contributed by atoms with Crippen LogP contribution in [0.25, 0.3) is 0 Å². The Bertz CT molecular complexity index is 817. The van der Waals surface area contributed by atoms with Crippen LogP contribution >= 0.6 is 0 Å². The van der Waals surface area contributed by atoms with Crippen molar-refractivity contribution >= 4 is 5.91 Å². The zero-order valence-corrected chi connectivity index (χ0v) is 12.9. The van der Waals surface area contributed by atoms with Gasteiger partial charge < -0.3 is 15.2 Å². The van der Waals surface area contributed by atoms with E-state index in [-0.39, 0.29) is 34.9 Å². The van der Waals surface area contributed by atoms with E-state index in [4.69, 9.17) is 0 Å². The second kappa shape index (κ2) is 5.83. The van der Waals surface area contributed by atoms with E-state index < -0.39 is 0 Å². The molecule has 0 bridgehead atoms. The Morgan fingerprint density at radius 1 is 1.33 bits per heavy atom. The molecule has 0 saturated carbocycles. The third-order valence-electron chi connectivity index (χ3n) is 4.91. The van der Waals surface area contributed by atoms with Gasteiger partial charge >= 0.3 is 0 Å². The summed E-state index contributed by atoms with van der Waals surface area (Å²) in [4.78, 5) is 32.2. The molecule has 1 aromatic carbocycles. The van der Waals surface area contributed by atoms with Crippen molar-refractivity contribution in [1.82, 2.24) is 20.2 Å². The summed E-state index contributed by atoms with van der Waals surface area (Å²) in [7, 11) is 0. The Kier molecular flexibility index (Phi) is 3.65. The first-order chi connectivity index (χ1) is 11.6. The minimum absolute atomic E-state index is 0.193. The van der Waals surface area contributed by atoms with E-state index in [0.29, 0.717) is 12.5 Å². The van der Waals surface area contributed by atoms with Gasteiger partial charge in [-0.1, -0.05) is 12.1 Å². The van der Waals surface area contributed by atoms with Crippen LogP contribution in [-0.4, -0.2) is 40.4 Å². The van der Waals surface area contributed by atoms with Crippen LogP contribution in [0.4, 0.5) is 4.39 Å². The standard InChI is InChI=1S/C17H17FN4O2/c18-12-3-1-2-10(4-12)16-13-6-19-5-11(13)9-22(16)17(24)14-7-21-15(23)8-20-14/h1-4,7-8,11,13,16,19H,5-6,9H2,(H,21,23)/t11-,13-,16-/m0/s1. The van der Waals surface area contributed by atoms with E-state index >= 15 is 0 Å². The lowest BCUT2D eigenvalue weighted by Crippen LogP contribution is -2.35. The van der Waals surface area contributed by atoms with Crippen molar-refractivity contribution in [2.75, 3.05) is 19.6 Å². The molecule has 3 heterocycles. The highest BCUT2D eigenvalue weighted by atomic mass is 19.1. The predicted molar refractivity (Wildman–Crippen MR) is 84.9 cm³/mol. The van der Waals surface area contributed by atoms with Gasteiger partial charge in [0.1, 0.15) is 11.5 Å². The second-order valence-corrected chi connectivity index (χ2v) is 6.34. The fourth-order valence-corrected chi connectivity index (χ4v) is 3.85. The fraction of sp³-hybridized carbons (Fsp3) is 0.353. The number of carbonyl (C=O) groups is 1. The van der Waals surface area contributed by atoms with Gasteiger partial charge in [0.05, 0.1) is 12.2 Å². The van der Waals surface area contributed by atoms with E-state index in [9.17, 15) is 14.0 Å². The molecule has 124 valence electrons. The van der Waals surface area contributed by atoms with Gasteiger partial charge in [-0.3, -0.25) is 9.59 Å². The number of nitrogens with zero attached hydrogens (tertiary/aromatic N) is 2. The van der Waals surface area contributed by atoms with E-state index in [1.54, 1.807) is 11.0 Å². The van der Waals surface area contributed by atoms with Crippen LogP contribution < -0.4 is 10.9 Å². The largest absolute Gasteiger partial charge is 0.330 e. The lowest BCUT2D eigenvalue weighted by Gasteiger charge is -2.28. The van der Waals surface area contributed by atoms with Crippen LogP contribution in [0.1, 0.15) is 22.1 Å². The molecule has 0 radical (unpaired) electrons. The van der Waals surface area contributed by atoms with Gasteiger partial charge in [0.15, 0.2) is 0 Å². The van der Waals surface area contributed by atoms with Crippen molar-refractivity contribution in [3.63, 3.8) is 0 Å². The Balaban J connectivity index is 1.71. The number of H-pyrrole nitrogens is 1. The lowest BCUT2D eigenvalue weighted by molar-refractivity contribution is 0.0707. The van der Waals surface area contributed by atoms with Crippen LogP contribution in [0.5, 0.6) is 0 Å². The number of hydrogen-bond donors (Lipinski definition) is 2. The SMILES string of the molecule is O=C(c1c[nH]c(=O)cn1)N1C[C@@H]2CNC[C@@H]2[C@@H]1c1cccc(F)c1. The normalized spacial score (nSPS) is 25.7. The van der Waals surface area contributed by atoms with Crippen LogP contribution in [0.3, 0.4) is 0 Å². The number of aromatic amines is 1. The van der Waals surface area contributed by atoms with Crippen LogP contribution in [-0.2, 0) is 0 Å². The number of carbonyl (C=O) groups excluding carboxylic acids is 1. The monoisotopic (exact) mass is 328 g/mol. The topological polar surface area (TPSA) is 78.1 Å². The van der Waals surface area contributed by atoms with Crippen molar-refractivity contribution in [3.8, 4) is 0 Å². The molecular formula is C17H17FN4O2. The summed E-state index contributed by atoms with van der Waals surface area (Å²) in [5, 5.41) is 3.35. The summed E-state index contributed by atoms with van der Waals surface area (Å²) < 4.78 is 13.7. The van der Waals surface area contributed by atoms with Crippen molar-refractivity contribution in [2.24, 2.45) is 11.8 Å². The van der Waals surface area contributed by atoms with Gasteiger partial charge in [0.25, 0.3) is 11.5 Å². The molecule has 2 aliphatic heterocycles. The number of rotatable bonds is 2. The molecule has 2 N–H and O–H groups in total. The molecule has 1 aromatic heterocycles. The highest BCUT2D eigenvalue weighted by Crippen LogP contribution is 2.43. The molecule has 2 aromatic rings. The molecule has 24 heavy (non-hydrogen) atoms. The molecule has 3 atom stereocenters. The Morgan fingerprint density at radius 3 is 2.96 bits per heavy atom. The maximum Gasteiger partial charge on any atom is 0.274 e. The molecule has 4 rings (SSSR count). The molecule has 0 aliphatic carbocycles. The summed E-state index contributed by atoms with van der Waals surface area (Å²) in [6, 6.07) is 6.22. The number of fused-ring (bicyclic) bond motifs is 1. The first-order valence-electron chi connectivity index (χ1n) is 7.95. The number of amides is 1. The van der Waals surface area contributed by atoms with Gasteiger partial charge in [-0.25, -0.2) is 9.37 Å². The van der Waals surface area contributed by atoms with E-state index in [1.165, 1.54) is 18.3 Å². The van der Waals surface area contributed by atoms with Crippen molar-refractivity contribution in [3.05, 3.63) is 64.1 Å². The van der Waals surface area contributed by atoms with Crippen LogP contribution in [0.15, 0.2) is 41.5 Å². The molecule has 0 spiro atoms. The first kappa shape index (κ1) is 15.0. The summed E-state index contributed by atoms with van der Waals surface area (Å²) in [6.07, 6.45) is 2.43. The zero-order valence-electron chi connectivity index (χ0n) is 12.9. The molecule has 1 amide bonds. The van der Waals surface area contributed by atoms with Gasteiger partial charge in [-0.05, 0) is 23.6 Å². The number of nitrogens with one attached hydrogen (secondary N) is 2. The maximum absolute atomic E-state index is 13.7. The van der Waals surface area contributed by atoms with Crippen molar-refractivity contribution < 1.29 is 9.18 Å². The number of hydrogen-bond acceptors (Lipinski definition) is 4. The smallest absolute Gasteiger partial charge is 0.274 e. The van der Waals surface area contributed by atoms with Crippen LogP contribution in [0.2, 0.25) is 0 Å². The van der Waals surface area contributed by atoms with Crippen molar-refractivity contribution in [2.45, 2.75) is 6.04 Å². The molecule has 0 unspecified atom stereocenters. The van der Waals surface area contributed by atoms with Gasteiger partial charge in [0, 0.05) is 31.7 Å². The minimum Gasteiger partial charge on any atom is -0.330 e. The highest BCUT2D eigenvalue weighted by molar-refractivity contribution is 5.92. The van der Waals surface area contributed by atoms with Gasteiger partial charge in [0.2, 0.25) is 0 Å². The summed E-state index contributed by atoms with van der Waals surface area (Å²) in [5.41, 5.74) is 0.642. The predicted octanol–water partition coefficient (Wildman–Crippen LogP) is 0.942. The van der Waals surface area contributed by atoms with Crippen molar-refractivity contribution in [1.29, 1.82) is 0 Å². The summed E-state index contributed by atoms with van der Waals surface area (Å²) >= 11 is 0. The Morgan fingerprint density at radius 2 is 2.21 bits per heavy atom. The quantitative estimate of drug-likeness (QED) is 0.860. The highest BCUT2D eigenvalue weighted by Gasteiger charge is 2.47. The third kappa shape index (κ3) is 2.50. The zero-order chi connectivity index (χ0) is 16.7. The third-order valence-corrected chi connectivity index (χ3v) is 4.91. The summed E-state index contributed by atoms with van der Waals surface area (Å²) in [5.74, 6) is 0.0369. The molecule has 2 aliphatic rings. The van der Waals surface area contributed by atoms with E-state index in [0.717, 1.165) is 24.8 Å². The second-order valence-electron chi connectivity index (χ2n) is 6.34. The number of benzene rings is 1. The Hall–Kier alpha value is -2.54. The van der Waals surface area contributed by atoms with Gasteiger partial charge in [-0.2, -0.15) is 0 Å². The summed E-state index contributed by atoms with van der Waals surface area (Å²) in [6.45, 7) is 2.24. The Labute approximate surface area is 137 Å². The fourth-order valence-electron chi connectivity index (χ4n) is 3.85. The first-order valence-corrected chi connectivity index (χ1v) is 7.95. The number of halogens is 1. The minimum atomic E-state index is -0.351. The van der Waals surface area contributed by atoms with Crippen LogP contribution in [0, 0.1) is 17.7 Å². The van der Waals surface area contributed by atoms with E-state index in [1.807, 2.05) is 6.07 Å². The number of likely N-dealkylation sites (tertiary alicyclic amines) is 1. The molecule has 2 saturated heterocycles. The maximum atomic E-state index is 13.7. The lowest BCUT2D eigenvalue weighted by atomic mass is 9.89. The average molecular weight is 328 g/mol.